The van der Waals surface area contributed by atoms with E-state index in [1.165, 1.54) is 12.8 Å². The number of aliphatic hydroxyl groups is 1. The minimum absolute atomic E-state index is 0.142. The van der Waals surface area contributed by atoms with Crippen molar-refractivity contribution < 1.29 is 5.11 Å². The van der Waals surface area contributed by atoms with Crippen LogP contribution in [0.1, 0.15) is 39.5 Å². The molecule has 1 rings (SSSR count). The fraction of sp³-hybridized carbons (Fsp3) is 1.00. The van der Waals surface area contributed by atoms with Crippen LogP contribution in [0, 0.1) is 0 Å². The molecular weight excluding hydrogens is 188 g/mol. The normalized spacial score (nSPS) is 28.4. The summed E-state index contributed by atoms with van der Waals surface area (Å²) in [6.07, 6.45) is 4.36. The van der Waals surface area contributed by atoms with Crippen molar-refractivity contribution in [3.8, 4) is 0 Å². The van der Waals surface area contributed by atoms with Crippen LogP contribution in [0.3, 0.4) is 0 Å². The first-order valence-corrected chi connectivity index (χ1v) is 6.02. The summed E-state index contributed by atoms with van der Waals surface area (Å²) in [5.41, 5.74) is 0.150. The summed E-state index contributed by atoms with van der Waals surface area (Å²) < 4.78 is 0. The molecule has 0 saturated heterocycles. The van der Waals surface area contributed by atoms with Gasteiger partial charge in [0.1, 0.15) is 0 Å². The lowest BCUT2D eigenvalue weighted by molar-refractivity contribution is 0.0802. The summed E-state index contributed by atoms with van der Waals surface area (Å²) in [5, 5.41) is 13.3. The van der Waals surface area contributed by atoms with E-state index in [-0.39, 0.29) is 11.6 Å². The van der Waals surface area contributed by atoms with Gasteiger partial charge in [-0.15, -0.1) is 0 Å². The summed E-state index contributed by atoms with van der Waals surface area (Å²) in [6.45, 7) is 5.37. The van der Waals surface area contributed by atoms with Gasteiger partial charge < -0.3 is 15.3 Å². The predicted octanol–water partition coefficient (Wildman–Crippen LogP) is 1.22. The maximum absolute atomic E-state index is 9.83. The van der Waals surface area contributed by atoms with Gasteiger partial charge >= 0.3 is 0 Å². The number of nitrogens with zero attached hydrogens (tertiary/aromatic N) is 1. The molecule has 2 N–H and O–H groups in total. The number of hydrogen-bond donors (Lipinski definition) is 2. The average Bonchev–Trinajstić information content (AvgIpc) is 2.16. The van der Waals surface area contributed by atoms with Gasteiger partial charge in [-0.25, -0.2) is 0 Å². The first-order chi connectivity index (χ1) is 6.93. The summed E-state index contributed by atoms with van der Waals surface area (Å²) in [7, 11) is 4.19. The van der Waals surface area contributed by atoms with E-state index in [1.807, 2.05) is 0 Å². The predicted molar refractivity (Wildman–Crippen MR) is 64.0 cm³/mol. The Hall–Kier alpha value is -0.120. The molecule has 0 unspecified atom stereocenters. The van der Waals surface area contributed by atoms with Gasteiger partial charge in [-0.3, -0.25) is 0 Å². The van der Waals surface area contributed by atoms with Gasteiger partial charge in [0.25, 0.3) is 0 Å². The molecule has 0 radical (unpaired) electrons. The molecule has 0 aromatic rings. The van der Waals surface area contributed by atoms with Crippen molar-refractivity contribution in [3.63, 3.8) is 0 Å². The van der Waals surface area contributed by atoms with Crippen molar-refractivity contribution in [2.24, 2.45) is 0 Å². The highest BCUT2D eigenvalue weighted by atomic mass is 16.3. The van der Waals surface area contributed by atoms with Crippen LogP contribution in [0.5, 0.6) is 0 Å². The van der Waals surface area contributed by atoms with Crippen LogP contribution in [-0.2, 0) is 0 Å². The zero-order chi connectivity index (χ0) is 11.5. The number of nitrogens with one attached hydrogen (secondary N) is 1. The van der Waals surface area contributed by atoms with E-state index in [2.05, 4.69) is 38.2 Å². The van der Waals surface area contributed by atoms with Gasteiger partial charge in [-0.1, -0.05) is 12.8 Å². The van der Waals surface area contributed by atoms with E-state index in [0.717, 1.165) is 19.4 Å². The largest absolute Gasteiger partial charge is 0.392 e. The molecule has 1 saturated carbocycles. The van der Waals surface area contributed by atoms with Crippen LogP contribution in [0.25, 0.3) is 0 Å². The summed E-state index contributed by atoms with van der Waals surface area (Å²) >= 11 is 0. The molecule has 0 bridgehead atoms. The third kappa shape index (κ3) is 3.74. The Labute approximate surface area is 93.9 Å². The third-order valence-corrected chi connectivity index (χ3v) is 3.74. The lowest BCUT2D eigenvalue weighted by atomic mass is 9.91. The molecule has 0 aromatic carbocycles. The highest BCUT2D eigenvalue weighted by molar-refractivity contribution is 4.86. The Bertz CT molecular complexity index is 192. The maximum Gasteiger partial charge on any atom is 0.0693 e. The molecule has 1 aliphatic rings. The third-order valence-electron chi connectivity index (χ3n) is 3.74. The van der Waals surface area contributed by atoms with Crippen LogP contribution in [0.2, 0.25) is 0 Å². The number of rotatable bonds is 4. The van der Waals surface area contributed by atoms with Crippen LogP contribution in [-0.4, -0.2) is 48.3 Å². The van der Waals surface area contributed by atoms with Crippen LogP contribution in [0.15, 0.2) is 0 Å². The molecule has 15 heavy (non-hydrogen) atoms. The first kappa shape index (κ1) is 12.9. The monoisotopic (exact) mass is 214 g/mol. The van der Waals surface area contributed by atoms with Crippen LogP contribution < -0.4 is 5.32 Å². The first-order valence-electron chi connectivity index (χ1n) is 6.02. The molecule has 1 fully saturated rings. The van der Waals surface area contributed by atoms with Gasteiger partial charge in [0, 0.05) is 18.1 Å². The van der Waals surface area contributed by atoms with Crippen LogP contribution >= 0.6 is 0 Å². The summed E-state index contributed by atoms with van der Waals surface area (Å²) in [6, 6.07) is 0.304. The molecule has 0 spiro atoms. The van der Waals surface area contributed by atoms with Gasteiger partial charge in [-0.2, -0.15) is 0 Å². The zero-order valence-corrected chi connectivity index (χ0v) is 10.6. The highest BCUT2D eigenvalue weighted by Crippen LogP contribution is 2.19. The molecule has 2 atom stereocenters. The van der Waals surface area contributed by atoms with Gasteiger partial charge in [0.15, 0.2) is 0 Å². The van der Waals surface area contributed by atoms with E-state index < -0.39 is 0 Å². The standard InChI is InChI=1S/C12H26N2O/c1-12(2,14(3)4)9-13-10-7-5-6-8-11(10)15/h10-11,13,15H,5-9H2,1-4H3/t10-,11-/m1/s1. The Balaban J connectivity index is 2.35. The highest BCUT2D eigenvalue weighted by Gasteiger charge is 2.26. The number of aliphatic hydroxyl groups excluding tert-OH is 1. The lowest BCUT2D eigenvalue weighted by Gasteiger charge is -2.36. The Kier molecular flexibility index (Phi) is 4.56. The fourth-order valence-corrected chi connectivity index (χ4v) is 1.89. The molecule has 3 nitrogen and oxygen atoms in total. The smallest absolute Gasteiger partial charge is 0.0693 e. The second-order valence-corrected chi connectivity index (χ2v) is 5.55. The Morgan fingerprint density at radius 1 is 1.27 bits per heavy atom. The molecule has 3 heteroatoms. The molecular formula is C12H26N2O. The van der Waals surface area contributed by atoms with E-state index in [9.17, 15) is 5.11 Å². The van der Waals surface area contributed by atoms with Gasteiger partial charge in [-0.05, 0) is 40.8 Å². The summed E-state index contributed by atoms with van der Waals surface area (Å²) in [4.78, 5) is 2.22. The van der Waals surface area contributed by atoms with E-state index >= 15 is 0 Å². The van der Waals surface area contributed by atoms with Gasteiger partial charge in [0.05, 0.1) is 6.10 Å². The van der Waals surface area contributed by atoms with E-state index in [1.54, 1.807) is 0 Å². The topological polar surface area (TPSA) is 35.5 Å². The van der Waals surface area contributed by atoms with E-state index in [0.29, 0.717) is 6.04 Å². The van der Waals surface area contributed by atoms with Crippen molar-refractivity contribution >= 4 is 0 Å². The second-order valence-electron chi connectivity index (χ2n) is 5.55. The minimum Gasteiger partial charge on any atom is -0.392 e. The van der Waals surface area contributed by atoms with Crippen LogP contribution in [0.4, 0.5) is 0 Å². The Morgan fingerprint density at radius 2 is 1.87 bits per heavy atom. The molecule has 0 aliphatic heterocycles. The average molecular weight is 214 g/mol. The van der Waals surface area contributed by atoms with Crippen molar-refractivity contribution in [1.82, 2.24) is 10.2 Å². The zero-order valence-electron chi connectivity index (χ0n) is 10.6. The molecule has 0 aromatic heterocycles. The fourth-order valence-electron chi connectivity index (χ4n) is 1.89. The molecule has 90 valence electrons. The molecule has 0 heterocycles. The van der Waals surface area contributed by atoms with Gasteiger partial charge in [0.2, 0.25) is 0 Å². The number of likely N-dealkylation sites (N-methyl/N-ethyl adjacent to an activating group) is 1. The summed E-state index contributed by atoms with van der Waals surface area (Å²) in [5.74, 6) is 0. The molecule has 1 aliphatic carbocycles. The SMILES string of the molecule is CN(C)C(C)(C)CN[C@@H]1CCCC[C@H]1O. The Morgan fingerprint density at radius 3 is 2.40 bits per heavy atom. The van der Waals surface area contributed by atoms with Crippen molar-refractivity contribution in [2.75, 3.05) is 20.6 Å². The minimum atomic E-state index is -0.142. The molecule has 0 amide bonds. The van der Waals surface area contributed by atoms with E-state index in [4.69, 9.17) is 0 Å². The van der Waals surface area contributed by atoms with Crippen molar-refractivity contribution in [3.05, 3.63) is 0 Å². The lowest BCUT2D eigenvalue weighted by Crippen LogP contribution is -2.52. The maximum atomic E-state index is 9.83. The van der Waals surface area contributed by atoms with Crippen molar-refractivity contribution in [2.45, 2.75) is 57.2 Å². The van der Waals surface area contributed by atoms with Crippen molar-refractivity contribution in [1.29, 1.82) is 0 Å². The number of hydrogen-bond acceptors (Lipinski definition) is 3. The quantitative estimate of drug-likeness (QED) is 0.738. The second kappa shape index (κ2) is 5.28.